The van der Waals surface area contributed by atoms with Crippen molar-refractivity contribution in [1.29, 1.82) is 0 Å². The number of phenols is 3. The monoisotopic (exact) mass is 830 g/mol. The van der Waals surface area contributed by atoms with Crippen LogP contribution in [0.3, 0.4) is 0 Å². The van der Waals surface area contributed by atoms with Gasteiger partial charge in [0.25, 0.3) is 0 Å². The zero-order chi connectivity index (χ0) is 43.5. The van der Waals surface area contributed by atoms with E-state index in [1.54, 1.807) is 24.3 Å². The van der Waals surface area contributed by atoms with Crippen molar-refractivity contribution in [2.75, 3.05) is 13.2 Å². The first-order chi connectivity index (χ1) is 29.7. The smallest absolute Gasteiger partial charge is 0.373 e. The van der Waals surface area contributed by atoms with E-state index in [9.17, 15) is 20.4 Å². The summed E-state index contributed by atoms with van der Waals surface area (Å²) < 4.78 is 10.4. The van der Waals surface area contributed by atoms with E-state index in [1.165, 1.54) is 79.6 Å². The number of pyridine rings is 2. The average molecular weight is 831 g/mol. The van der Waals surface area contributed by atoms with Crippen LogP contribution in [-0.2, 0) is 45.1 Å². The fourth-order valence-corrected chi connectivity index (χ4v) is 9.48. The van der Waals surface area contributed by atoms with Crippen LogP contribution < -0.4 is 4.74 Å². The molecule has 61 heavy (non-hydrogen) atoms. The lowest BCUT2D eigenvalue weighted by Crippen LogP contribution is -2.09. The molecule has 13 heteroatoms. The third kappa shape index (κ3) is 9.55. The Balaban J connectivity index is 0.000000181. The average Bonchev–Trinajstić information content (AvgIpc) is 3.69. The number of aromatic hydroxyl groups is 3. The molecule has 0 saturated heterocycles. The highest BCUT2D eigenvalue weighted by Crippen LogP contribution is 2.48. The minimum Gasteiger partial charge on any atom is -0.508 e. The number of rotatable bonds is 7. The predicted octanol–water partition coefficient (Wildman–Crippen LogP) is 8.96. The second kappa shape index (κ2) is 20.8. The Morgan fingerprint density at radius 1 is 0.656 bits per heavy atom. The molecule has 5 heterocycles. The van der Waals surface area contributed by atoms with Crippen LogP contribution >= 0.6 is 0 Å². The third-order valence-corrected chi connectivity index (χ3v) is 12.1. The van der Waals surface area contributed by atoms with Gasteiger partial charge in [-0.05, 0) is 110 Å². The minimum atomic E-state index is -0.00222. The number of aryl methyl sites for hydroxylation is 2. The lowest BCUT2D eigenvalue weighted by atomic mass is 9.82. The van der Waals surface area contributed by atoms with Gasteiger partial charge >= 0.3 is 12.3 Å². The highest BCUT2D eigenvalue weighted by molar-refractivity contribution is 5.93. The molecule has 4 N–H and O–H groups in total. The molecule has 2 aromatic carbocycles. The molecule has 2 aliphatic carbocycles. The second-order valence-electron chi connectivity index (χ2n) is 15.7. The molecule has 9 rings (SSSR count). The summed E-state index contributed by atoms with van der Waals surface area (Å²) in [5, 5.41) is 42.5. The number of aliphatic hydroxyl groups is 1. The number of hydrogen-bond donors (Lipinski definition) is 4. The topological polar surface area (TPSA) is 194 Å². The summed E-state index contributed by atoms with van der Waals surface area (Å²) in [6, 6.07) is 19.0. The van der Waals surface area contributed by atoms with E-state index in [-0.39, 0.29) is 36.2 Å². The number of aromatic nitrogens is 4. The van der Waals surface area contributed by atoms with Crippen molar-refractivity contribution < 1.29 is 44.3 Å². The Morgan fingerprint density at radius 3 is 1.70 bits per heavy atom. The Kier molecular flexibility index (Phi) is 15.1. The quantitative estimate of drug-likeness (QED) is 0.120. The number of aliphatic hydroxyl groups excluding tert-OH is 1. The Labute approximate surface area is 354 Å². The highest BCUT2D eigenvalue weighted by Gasteiger charge is 2.31. The zero-order valence-corrected chi connectivity index (χ0v) is 34.9. The van der Waals surface area contributed by atoms with Gasteiger partial charge in [0.2, 0.25) is 0 Å². The second-order valence-corrected chi connectivity index (χ2v) is 15.7. The Morgan fingerprint density at radius 2 is 1.16 bits per heavy atom. The van der Waals surface area contributed by atoms with Crippen molar-refractivity contribution in [3.63, 3.8) is 0 Å². The zero-order valence-electron chi connectivity index (χ0n) is 34.9. The molecular weight excluding hydrogens is 777 g/mol. The van der Waals surface area contributed by atoms with E-state index in [0.29, 0.717) is 30.6 Å². The summed E-state index contributed by atoms with van der Waals surface area (Å²) in [4.78, 5) is 42.4. The number of phenolic OH excluding ortho intramolecular Hbond substituents is 3. The minimum absolute atomic E-state index is 0.00222. The van der Waals surface area contributed by atoms with Crippen molar-refractivity contribution in [3.05, 3.63) is 83.2 Å². The van der Waals surface area contributed by atoms with Gasteiger partial charge in [0.05, 0.1) is 24.5 Å². The van der Waals surface area contributed by atoms with Crippen LogP contribution in [0, 0.1) is 0 Å². The Hall–Kier alpha value is -6.26. The van der Waals surface area contributed by atoms with Crippen molar-refractivity contribution in [2.45, 2.75) is 116 Å². The summed E-state index contributed by atoms with van der Waals surface area (Å²) in [5.41, 5.74) is 10.7. The lowest BCUT2D eigenvalue weighted by Gasteiger charge is -2.24. The molecular formula is C48H54N4O9. The first-order valence-electron chi connectivity index (χ1n) is 21.3. The van der Waals surface area contributed by atoms with Gasteiger partial charge in [-0.2, -0.15) is 19.2 Å². The molecule has 4 aromatic heterocycles. The molecule has 0 radical (unpaired) electrons. The molecule has 1 aliphatic heterocycles. The van der Waals surface area contributed by atoms with Crippen LogP contribution in [0.1, 0.15) is 112 Å². The number of benzene rings is 2. The maximum Gasteiger partial charge on any atom is 0.373 e. The van der Waals surface area contributed by atoms with Crippen LogP contribution in [0.25, 0.3) is 44.6 Å². The number of ether oxygens (including phenoxy) is 1. The molecule has 2 saturated carbocycles. The van der Waals surface area contributed by atoms with Crippen LogP contribution in [-0.4, -0.2) is 65.0 Å². The normalized spacial score (nSPS) is 14.9. The molecule has 13 nitrogen and oxygen atoms in total. The summed E-state index contributed by atoms with van der Waals surface area (Å²) in [7, 11) is 0. The van der Waals surface area contributed by atoms with E-state index in [4.69, 9.17) is 33.9 Å². The lowest BCUT2D eigenvalue weighted by molar-refractivity contribution is -0.193. The molecule has 6 aromatic rings. The molecule has 0 unspecified atom stereocenters. The summed E-state index contributed by atoms with van der Waals surface area (Å²) in [5.74, 6) is 2.11. The van der Waals surface area contributed by atoms with Gasteiger partial charge < -0.3 is 34.3 Å². The molecule has 0 spiro atoms. The number of hydrogen-bond acceptors (Lipinski definition) is 11. The summed E-state index contributed by atoms with van der Waals surface area (Å²) in [6.45, 7) is 6.03. The van der Waals surface area contributed by atoms with Crippen molar-refractivity contribution in [2.24, 2.45) is 0 Å². The maximum absolute atomic E-state index is 10.6. The van der Waals surface area contributed by atoms with Gasteiger partial charge in [-0.25, -0.2) is 9.97 Å². The van der Waals surface area contributed by atoms with E-state index in [2.05, 4.69) is 42.7 Å². The molecule has 0 bridgehead atoms. The molecule has 0 amide bonds. The van der Waals surface area contributed by atoms with Crippen LogP contribution in [0.15, 0.2) is 60.7 Å². The van der Waals surface area contributed by atoms with Crippen molar-refractivity contribution in [3.8, 4) is 45.5 Å². The van der Waals surface area contributed by atoms with Gasteiger partial charge in [-0.1, -0.05) is 52.4 Å². The van der Waals surface area contributed by atoms with Gasteiger partial charge in [0.15, 0.2) is 0 Å². The summed E-state index contributed by atoms with van der Waals surface area (Å²) in [6.07, 6.45) is 14.7. The van der Waals surface area contributed by atoms with Gasteiger partial charge in [0.1, 0.15) is 40.9 Å². The largest absolute Gasteiger partial charge is 0.508 e. The first kappa shape index (κ1) is 44.3. The number of fused-ring (bicyclic) bond motifs is 6. The van der Waals surface area contributed by atoms with Crippen LogP contribution in [0.4, 0.5) is 0 Å². The fourth-order valence-electron chi connectivity index (χ4n) is 9.48. The number of nitrogens with zero attached hydrogens (tertiary/aromatic N) is 4. The molecule has 2 fully saturated rings. The van der Waals surface area contributed by atoms with Crippen molar-refractivity contribution in [1.82, 2.24) is 19.1 Å². The van der Waals surface area contributed by atoms with Crippen LogP contribution in [0.5, 0.6) is 23.0 Å². The van der Waals surface area contributed by atoms with Gasteiger partial charge in [-0.3, -0.25) is 0 Å². The summed E-state index contributed by atoms with van der Waals surface area (Å²) >= 11 is 0. The van der Waals surface area contributed by atoms with E-state index < -0.39 is 0 Å². The van der Waals surface area contributed by atoms with E-state index >= 15 is 0 Å². The van der Waals surface area contributed by atoms with Gasteiger partial charge in [0, 0.05) is 52.0 Å². The SMILES string of the molecule is CCc1ccc2c(C3CCCCC3)c(-c3ccc(O)cc3O)n(CCO)c2n1.CCc1ccc2c(C3CCCCC3)c3n(c2n1)CCOc1cc(O)ccc1-3.O=C=O.O=C=O. The Bertz CT molecular complexity index is 2500. The standard InChI is InChI=1S/C23H28N2O3.C23H26N2O2.2CO2/c1-2-16-8-10-19-21(15-6-4-3-5-7-15)22(25(12-13-26)23(19)24-16)18-11-9-17(27)14-20(18)28;1-2-16-8-10-19-21(15-6-4-3-5-7-15)22-18-11-9-17(26)14-20(18)27-13-12-25(22)23(19)24-16;2*2-1-3/h8-11,14-15,26-28H,2-7,12-13H2,1H3;8-11,14-15,26H,2-7,12-13H2,1H3;;. The highest BCUT2D eigenvalue weighted by atomic mass is 16.5. The van der Waals surface area contributed by atoms with E-state index in [0.717, 1.165) is 77.3 Å². The number of carbonyl (C=O) groups excluding carboxylic acids is 4. The van der Waals surface area contributed by atoms with Crippen molar-refractivity contribution >= 4 is 34.4 Å². The fraction of sp³-hybridized carbons (Fsp3) is 0.417. The maximum atomic E-state index is 10.6. The third-order valence-electron chi connectivity index (χ3n) is 12.1. The predicted molar refractivity (Wildman–Crippen MR) is 228 cm³/mol. The molecule has 0 atom stereocenters. The molecule has 3 aliphatic rings. The van der Waals surface area contributed by atoms with E-state index in [1.807, 2.05) is 10.6 Å². The first-order valence-corrected chi connectivity index (χ1v) is 21.3. The molecule has 320 valence electrons. The van der Waals surface area contributed by atoms with Crippen LogP contribution in [0.2, 0.25) is 0 Å². The van der Waals surface area contributed by atoms with Gasteiger partial charge in [-0.15, -0.1) is 0 Å².